The van der Waals surface area contributed by atoms with Crippen LogP contribution in [-0.2, 0) is 10.0 Å². The second kappa shape index (κ2) is 5.22. The molecule has 2 fully saturated rings. The molecule has 1 aliphatic carbocycles. The number of nitrogens with one attached hydrogen (secondary N) is 1. The van der Waals surface area contributed by atoms with Crippen molar-refractivity contribution in [1.29, 1.82) is 0 Å². The van der Waals surface area contributed by atoms with Gasteiger partial charge in [0.2, 0.25) is 10.0 Å². The third-order valence-electron chi connectivity index (χ3n) is 4.08. The zero-order valence-corrected chi connectivity index (χ0v) is 11.2. The molecule has 1 saturated carbocycles. The molecular formula is C11H23N3O2S. The minimum Gasteiger partial charge on any atom is -0.271 e. The molecule has 1 unspecified atom stereocenters. The minimum absolute atomic E-state index is 0.183. The maximum Gasteiger partial charge on any atom is 0.216 e. The maximum atomic E-state index is 12.4. The van der Waals surface area contributed by atoms with Crippen molar-refractivity contribution in [3.05, 3.63) is 0 Å². The minimum atomic E-state index is -3.06. The van der Waals surface area contributed by atoms with Crippen LogP contribution in [0, 0.1) is 5.92 Å². The molecule has 0 radical (unpaired) electrons. The van der Waals surface area contributed by atoms with Gasteiger partial charge in [-0.15, -0.1) is 0 Å². The summed E-state index contributed by atoms with van der Waals surface area (Å²) in [4.78, 5) is 0. The SMILES string of the molecule is CC1CCN(S(=O)(=O)[C@H]2CC[C@@H](NN)CC2)C1. The monoisotopic (exact) mass is 261 g/mol. The number of nitrogens with zero attached hydrogens (tertiary/aromatic N) is 1. The highest BCUT2D eigenvalue weighted by Crippen LogP contribution is 2.29. The fourth-order valence-corrected chi connectivity index (χ4v) is 4.98. The topological polar surface area (TPSA) is 75.4 Å². The lowest BCUT2D eigenvalue weighted by atomic mass is 9.96. The third kappa shape index (κ3) is 2.81. The molecule has 0 spiro atoms. The predicted molar refractivity (Wildman–Crippen MR) is 67.6 cm³/mol. The first-order valence-corrected chi connectivity index (χ1v) is 7.99. The van der Waals surface area contributed by atoms with Gasteiger partial charge in [-0.1, -0.05) is 6.92 Å². The Morgan fingerprint density at radius 2 is 1.82 bits per heavy atom. The van der Waals surface area contributed by atoms with Crippen LogP contribution in [0.15, 0.2) is 0 Å². The molecule has 2 rings (SSSR count). The van der Waals surface area contributed by atoms with Crippen LogP contribution in [0.3, 0.4) is 0 Å². The summed E-state index contributed by atoms with van der Waals surface area (Å²) in [5.74, 6) is 5.89. The highest BCUT2D eigenvalue weighted by atomic mass is 32.2. The predicted octanol–water partition coefficient (Wildman–Crippen LogP) is 0.433. The van der Waals surface area contributed by atoms with Crippen molar-refractivity contribution in [1.82, 2.24) is 9.73 Å². The average molecular weight is 261 g/mol. The Labute approximate surface area is 104 Å². The molecular weight excluding hydrogens is 238 g/mol. The zero-order valence-electron chi connectivity index (χ0n) is 10.4. The van der Waals surface area contributed by atoms with E-state index in [0.717, 1.165) is 32.1 Å². The Bertz CT molecular complexity index is 350. The van der Waals surface area contributed by atoms with E-state index >= 15 is 0 Å². The fraction of sp³-hybridized carbons (Fsp3) is 1.00. The first-order chi connectivity index (χ1) is 8.04. The average Bonchev–Trinajstić information content (AvgIpc) is 2.77. The number of hydrogen-bond donors (Lipinski definition) is 2. The molecule has 6 heteroatoms. The molecule has 0 bridgehead atoms. The Kier molecular flexibility index (Phi) is 4.07. The molecule has 0 aromatic heterocycles. The molecule has 1 saturated heterocycles. The van der Waals surface area contributed by atoms with Gasteiger partial charge in [-0.05, 0) is 38.0 Å². The van der Waals surface area contributed by atoms with Gasteiger partial charge < -0.3 is 0 Å². The zero-order chi connectivity index (χ0) is 12.5. The van der Waals surface area contributed by atoms with Gasteiger partial charge in [0.15, 0.2) is 0 Å². The molecule has 0 aromatic carbocycles. The lowest BCUT2D eigenvalue weighted by Gasteiger charge is -2.30. The van der Waals surface area contributed by atoms with Crippen molar-refractivity contribution in [2.75, 3.05) is 13.1 Å². The van der Waals surface area contributed by atoms with Crippen LogP contribution in [-0.4, -0.2) is 37.1 Å². The summed E-state index contributed by atoms with van der Waals surface area (Å²) in [7, 11) is -3.06. The number of sulfonamides is 1. The highest BCUT2D eigenvalue weighted by molar-refractivity contribution is 7.89. The molecule has 0 amide bonds. The van der Waals surface area contributed by atoms with Gasteiger partial charge >= 0.3 is 0 Å². The van der Waals surface area contributed by atoms with E-state index in [9.17, 15) is 8.42 Å². The van der Waals surface area contributed by atoms with Crippen LogP contribution in [0.5, 0.6) is 0 Å². The van der Waals surface area contributed by atoms with E-state index in [-0.39, 0.29) is 5.25 Å². The fourth-order valence-electron chi connectivity index (χ4n) is 2.86. The Morgan fingerprint density at radius 3 is 2.29 bits per heavy atom. The van der Waals surface area contributed by atoms with Gasteiger partial charge in [0, 0.05) is 19.1 Å². The Morgan fingerprint density at radius 1 is 1.18 bits per heavy atom. The van der Waals surface area contributed by atoms with E-state index in [1.54, 1.807) is 4.31 Å². The van der Waals surface area contributed by atoms with E-state index in [1.165, 1.54) is 0 Å². The van der Waals surface area contributed by atoms with Crippen molar-refractivity contribution >= 4 is 10.0 Å². The summed E-state index contributed by atoms with van der Waals surface area (Å²) < 4.78 is 26.5. The quantitative estimate of drug-likeness (QED) is 0.571. The van der Waals surface area contributed by atoms with E-state index in [1.807, 2.05) is 0 Å². The summed E-state index contributed by atoms with van der Waals surface area (Å²) in [5, 5.41) is -0.183. The van der Waals surface area contributed by atoms with Crippen LogP contribution in [0.25, 0.3) is 0 Å². The molecule has 2 aliphatic rings. The normalized spacial score (nSPS) is 36.2. The standard InChI is InChI=1S/C11H23N3O2S/c1-9-6-7-14(8-9)17(15,16)11-4-2-10(13-12)3-5-11/h9-11,13H,2-8,12H2,1H3/t9?,10-,11+. The molecule has 17 heavy (non-hydrogen) atoms. The van der Waals surface area contributed by atoms with E-state index in [0.29, 0.717) is 25.0 Å². The van der Waals surface area contributed by atoms with Crippen molar-refractivity contribution < 1.29 is 8.42 Å². The Balaban J connectivity index is 1.97. The van der Waals surface area contributed by atoms with Gasteiger partial charge in [0.05, 0.1) is 5.25 Å². The summed E-state index contributed by atoms with van der Waals surface area (Å²) in [6.45, 7) is 3.53. The van der Waals surface area contributed by atoms with Crippen molar-refractivity contribution in [2.24, 2.45) is 11.8 Å². The second-order valence-corrected chi connectivity index (χ2v) is 7.65. The molecule has 0 aromatic rings. The van der Waals surface area contributed by atoms with Crippen LogP contribution >= 0.6 is 0 Å². The Hall–Kier alpha value is -0.170. The molecule has 3 N–H and O–H groups in total. The van der Waals surface area contributed by atoms with Crippen LogP contribution < -0.4 is 11.3 Å². The lowest BCUT2D eigenvalue weighted by Crippen LogP contribution is -2.44. The maximum absolute atomic E-state index is 12.4. The molecule has 1 atom stereocenters. The van der Waals surface area contributed by atoms with Gasteiger partial charge in [0.25, 0.3) is 0 Å². The largest absolute Gasteiger partial charge is 0.271 e. The van der Waals surface area contributed by atoms with Gasteiger partial charge in [-0.2, -0.15) is 0 Å². The third-order valence-corrected chi connectivity index (χ3v) is 6.44. The second-order valence-electron chi connectivity index (χ2n) is 5.44. The molecule has 1 heterocycles. The van der Waals surface area contributed by atoms with E-state index < -0.39 is 10.0 Å². The van der Waals surface area contributed by atoms with Crippen LogP contribution in [0.1, 0.15) is 39.0 Å². The van der Waals surface area contributed by atoms with E-state index in [4.69, 9.17) is 5.84 Å². The number of rotatable bonds is 3. The summed E-state index contributed by atoms with van der Waals surface area (Å²) in [6.07, 6.45) is 4.21. The molecule has 1 aliphatic heterocycles. The van der Waals surface area contributed by atoms with Crippen LogP contribution in [0.4, 0.5) is 0 Å². The summed E-state index contributed by atoms with van der Waals surface area (Å²) in [6, 6.07) is 0.291. The number of nitrogens with two attached hydrogens (primary N) is 1. The highest BCUT2D eigenvalue weighted by Gasteiger charge is 2.37. The lowest BCUT2D eigenvalue weighted by molar-refractivity contribution is 0.363. The van der Waals surface area contributed by atoms with Crippen LogP contribution in [0.2, 0.25) is 0 Å². The number of hydrazine groups is 1. The van der Waals surface area contributed by atoms with E-state index in [2.05, 4.69) is 12.3 Å². The molecule has 100 valence electrons. The van der Waals surface area contributed by atoms with Gasteiger partial charge in [0.1, 0.15) is 0 Å². The number of hydrogen-bond acceptors (Lipinski definition) is 4. The van der Waals surface area contributed by atoms with Crippen molar-refractivity contribution in [3.8, 4) is 0 Å². The van der Waals surface area contributed by atoms with Gasteiger partial charge in [-0.25, -0.2) is 12.7 Å². The first kappa shape index (κ1) is 13.3. The van der Waals surface area contributed by atoms with Crippen molar-refractivity contribution in [2.45, 2.75) is 50.3 Å². The van der Waals surface area contributed by atoms with Gasteiger partial charge in [-0.3, -0.25) is 11.3 Å². The molecule has 5 nitrogen and oxygen atoms in total. The van der Waals surface area contributed by atoms with Crippen molar-refractivity contribution in [3.63, 3.8) is 0 Å². The first-order valence-electron chi connectivity index (χ1n) is 6.49. The summed E-state index contributed by atoms with van der Waals surface area (Å²) in [5.41, 5.74) is 2.74. The summed E-state index contributed by atoms with van der Waals surface area (Å²) >= 11 is 0. The smallest absolute Gasteiger partial charge is 0.216 e.